The van der Waals surface area contributed by atoms with Crippen LogP contribution in [0.5, 0.6) is 0 Å². The van der Waals surface area contributed by atoms with Crippen LogP contribution in [0.25, 0.3) is 5.83 Å². The number of carbonyl (C=O) groups excluding carboxylic acids is 1. The number of hydrogen-bond acceptors (Lipinski definition) is 2. The monoisotopic (exact) mass is 398 g/mol. The zero-order valence-corrected chi connectivity index (χ0v) is 18.7. The SMILES string of the molecule is C=C(C1=C(C)CCCC1(C)C)/C(C)=C(\F)c1ccc(C(=O)OCCCCC)cc1. The standard InChI is InChI=1S/C26H35FO2/c1-7-8-9-17-29-25(28)22-14-12-21(13-15-22)24(27)20(4)19(3)23-18(2)11-10-16-26(23,5)6/h12-15H,3,7-11,16-17H2,1-2,4-6H3/b24-20-. The van der Waals surface area contributed by atoms with Crippen LogP contribution in [0, 0.1) is 5.41 Å². The summed E-state index contributed by atoms with van der Waals surface area (Å²) in [7, 11) is 0. The molecule has 1 aromatic carbocycles. The van der Waals surface area contributed by atoms with Crippen LogP contribution in [0.2, 0.25) is 0 Å². The van der Waals surface area contributed by atoms with Crippen molar-refractivity contribution in [3.05, 3.63) is 64.3 Å². The fraction of sp³-hybridized carbons (Fsp3) is 0.500. The highest BCUT2D eigenvalue weighted by Crippen LogP contribution is 2.45. The predicted octanol–water partition coefficient (Wildman–Crippen LogP) is 7.82. The lowest BCUT2D eigenvalue weighted by Gasteiger charge is -2.36. The van der Waals surface area contributed by atoms with Crippen LogP contribution in [-0.4, -0.2) is 12.6 Å². The van der Waals surface area contributed by atoms with E-state index in [2.05, 4.69) is 34.3 Å². The van der Waals surface area contributed by atoms with Gasteiger partial charge in [0.25, 0.3) is 0 Å². The van der Waals surface area contributed by atoms with Gasteiger partial charge in [-0.1, -0.05) is 57.9 Å². The Labute approximate surface area is 175 Å². The van der Waals surface area contributed by atoms with Gasteiger partial charge in [0.05, 0.1) is 12.2 Å². The van der Waals surface area contributed by atoms with Gasteiger partial charge in [0.2, 0.25) is 0 Å². The topological polar surface area (TPSA) is 26.3 Å². The molecule has 2 nitrogen and oxygen atoms in total. The Bertz CT molecular complexity index is 810. The van der Waals surface area contributed by atoms with Gasteiger partial charge in [-0.3, -0.25) is 0 Å². The van der Waals surface area contributed by atoms with E-state index in [-0.39, 0.29) is 17.2 Å². The van der Waals surface area contributed by atoms with Gasteiger partial charge in [0, 0.05) is 5.56 Å². The van der Waals surface area contributed by atoms with Crippen molar-refractivity contribution in [3.63, 3.8) is 0 Å². The van der Waals surface area contributed by atoms with E-state index < -0.39 is 0 Å². The predicted molar refractivity (Wildman–Crippen MR) is 119 cm³/mol. The first-order chi connectivity index (χ1) is 13.7. The maximum Gasteiger partial charge on any atom is 0.338 e. The molecule has 0 heterocycles. The highest BCUT2D eigenvalue weighted by molar-refractivity contribution is 5.89. The van der Waals surface area contributed by atoms with Crippen LogP contribution in [-0.2, 0) is 4.74 Å². The quantitative estimate of drug-likeness (QED) is 0.253. The summed E-state index contributed by atoms with van der Waals surface area (Å²) in [5.41, 5.74) is 4.74. The Morgan fingerprint density at radius 1 is 1.17 bits per heavy atom. The van der Waals surface area contributed by atoms with Gasteiger partial charge < -0.3 is 4.74 Å². The Kier molecular flexibility index (Phi) is 8.01. The second-order valence-electron chi connectivity index (χ2n) is 8.73. The molecule has 1 aromatic rings. The largest absolute Gasteiger partial charge is 0.462 e. The van der Waals surface area contributed by atoms with Crippen molar-refractivity contribution in [2.45, 2.75) is 73.1 Å². The maximum absolute atomic E-state index is 15.2. The van der Waals surface area contributed by atoms with E-state index in [9.17, 15) is 4.79 Å². The van der Waals surface area contributed by atoms with E-state index in [4.69, 9.17) is 4.74 Å². The van der Waals surface area contributed by atoms with E-state index in [1.807, 2.05) is 0 Å². The molecule has 158 valence electrons. The average Bonchev–Trinajstić information content (AvgIpc) is 2.69. The van der Waals surface area contributed by atoms with E-state index in [0.29, 0.717) is 23.3 Å². The van der Waals surface area contributed by atoms with Crippen molar-refractivity contribution < 1.29 is 13.9 Å². The fourth-order valence-electron chi connectivity index (χ4n) is 4.18. The second-order valence-corrected chi connectivity index (χ2v) is 8.73. The van der Waals surface area contributed by atoms with Crippen molar-refractivity contribution in [2.24, 2.45) is 5.41 Å². The van der Waals surface area contributed by atoms with Gasteiger partial charge in [0.15, 0.2) is 0 Å². The number of rotatable bonds is 8. The molecule has 0 atom stereocenters. The van der Waals surface area contributed by atoms with Crippen LogP contribution in [0.15, 0.2) is 53.1 Å². The number of benzene rings is 1. The zero-order chi connectivity index (χ0) is 21.6. The van der Waals surface area contributed by atoms with Crippen molar-refractivity contribution >= 4 is 11.8 Å². The first kappa shape index (κ1) is 23.1. The third kappa shape index (κ3) is 5.68. The summed E-state index contributed by atoms with van der Waals surface area (Å²) >= 11 is 0. The molecule has 0 amide bonds. The highest BCUT2D eigenvalue weighted by atomic mass is 19.1. The lowest BCUT2D eigenvalue weighted by atomic mass is 9.69. The number of ether oxygens (including phenoxy) is 1. The molecule has 3 heteroatoms. The molecule has 29 heavy (non-hydrogen) atoms. The molecule has 0 spiro atoms. The van der Waals surface area contributed by atoms with Gasteiger partial charge in [0.1, 0.15) is 5.83 Å². The average molecular weight is 399 g/mol. The van der Waals surface area contributed by atoms with E-state index in [1.54, 1.807) is 31.2 Å². The zero-order valence-electron chi connectivity index (χ0n) is 18.7. The first-order valence-corrected chi connectivity index (χ1v) is 10.7. The maximum atomic E-state index is 15.2. The van der Waals surface area contributed by atoms with Crippen molar-refractivity contribution in [1.82, 2.24) is 0 Å². The molecule has 0 aliphatic heterocycles. The minimum Gasteiger partial charge on any atom is -0.462 e. The molecule has 0 bridgehead atoms. The number of hydrogen-bond donors (Lipinski definition) is 0. The number of halogens is 1. The van der Waals surface area contributed by atoms with Gasteiger partial charge in [-0.05, 0) is 73.8 Å². The van der Waals surface area contributed by atoms with Crippen LogP contribution < -0.4 is 0 Å². The summed E-state index contributed by atoms with van der Waals surface area (Å²) in [6.45, 7) is 15.1. The Hall–Kier alpha value is -2.16. The van der Waals surface area contributed by atoms with Gasteiger partial charge in [-0.25, -0.2) is 9.18 Å². The molecule has 1 aliphatic carbocycles. The number of unbranched alkanes of at least 4 members (excludes halogenated alkanes) is 2. The van der Waals surface area contributed by atoms with Crippen molar-refractivity contribution in [3.8, 4) is 0 Å². The van der Waals surface area contributed by atoms with Crippen LogP contribution in [0.1, 0.15) is 89.1 Å². The Morgan fingerprint density at radius 3 is 2.38 bits per heavy atom. The third-order valence-corrected chi connectivity index (χ3v) is 5.90. The Balaban J connectivity index is 2.18. The molecule has 0 saturated heterocycles. The summed E-state index contributed by atoms with van der Waals surface area (Å²) in [6, 6.07) is 6.54. The molecule has 0 saturated carbocycles. The molecule has 2 rings (SSSR count). The summed E-state index contributed by atoms with van der Waals surface area (Å²) < 4.78 is 20.5. The van der Waals surface area contributed by atoms with Crippen LogP contribution >= 0.6 is 0 Å². The van der Waals surface area contributed by atoms with Gasteiger partial charge in [-0.2, -0.15) is 0 Å². The molecule has 0 N–H and O–H groups in total. The normalized spacial score (nSPS) is 17.0. The van der Waals surface area contributed by atoms with Crippen molar-refractivity contribution in [1.29, 1.82) is 0 Å². The number of allylic oxidation sites excluding steroid dienone is 4. The van der Waals surface area contributed by atoms with Crippen LogP contribution in [0.4, 0.5) is 4.39 Å². The van der Waals surface area contributed by atoms with E-state index in [1.165, 1.54) is 11.1 Å². The minimum atomic E-state index is -0.358. The molecule has 0 aromatic heterocycles. The summed E-state index contributed by atoms with van der Waals surface area (Å²) in [6.07, 6.45) is 6.28. The lowest BCUT2D eigenvalue weighted by Crippen LogP contribution is -2.22. The second kappa shape index (κ2) is 10.0. The minimum absolute atomic E-state index is 0.00630. The molecular formula is C26H35FO2. The van der Waals surface area contributed by atoms with E-state index >= 15 is 4.39 Å². The van der Waals surface area contributed by atoms with Crippen molar-refractivity contribution in [2.75, 3.05) is 6.61 Å². The summed E-state index contributed by atoms with van der Waals surface area (Å²) in [5, 5.41) is 0. The van der Waals surface area contributed by atoms with E-state index in [0.717, 1.165) is 44.1 Å². The Morgan fingerprint density at radius 2 is 1.79 bits per heavy atom. The lowest BCUT2D eigenvalue weighted by molar-refractivity contribution is 0.0498. The third-order valence-electron chi connectivity index (χ3n) is 5.90. The molecule has 0 radical (unpaired) electrons. The van der Waals surface area contributed by atoms with Gasteiger partial charge in [-0.15, -0.1) is 0 Å². The molecule has 0 unspecified atom stereocenters. The molecule has 0 fully saturated rings. The fourth-order valence-corrected chi connectivity index (χ4v) is 4.18. The summed E-state index contributed by atoms with van der Waals surface area (Å²) in [4.78, 5) is 12.1. The molecule has 1 aliphatic rings. The van der Waals surface area contributed by atoms with Crippen LogP contribution in [0.3, 0.4) is 0 Å². The highest BCUT2D eigenvalue weighted by Gasteiger charge is 2.31. The number of esters is 1. The van der Waals surface area contributed by atoms with Gasteiger partial charge >= 0.3 is 5.97 Å². The number of carbonyl (C=O) groups is 1. The smallest absolute Gasteiger partial charge is 0.338 e. The summed E-state index contributed by atoms with van der Waals surface area (Å²) in [5.74, 6) is -0.651. The molecular weight excluding hydrogens is 363 g/mol. The first-order valence-electron chi connectivity index (χ1n) is 10.7.